The summed E-state index contributed by atoms with van der Waals surface area (Å²) in [5.74, 6) is 0.946. The van der Waals surface area contributed by atoms with Crippen LogP contribution in [0.5, 0.6) is 5.75 Å². The fourth-order valence-electron chi connectivity index (χ4n) is 2.26. The third kappa shape index (κ3) is 5.81. The summed E-state index contributed by atoms with van der Waals surface area (Å²) in [5.41, 5.74) is 1.22. The van der Waals surface area contributed by atoms with Gasteiger partial charge in [-0.1, -0.05) is 22.9 Å². The molecule has 0 spiro atoms. The summed E-state index contributed by atoms with van der Waals surface area (Å²) in [6.07, 6.45) is 3.32. The quantitative estimate of drug-likeness (QED) is 0.739. The monoisotopic (exact) mass is 343 g/mol. The van der Waals surface area contributed by atoms with Crippen LogP contribution in [-0.4, -0.2) is 32.9 Å². The molecule has 1 aromatic rings. The second-order valence-corrected chi connectivity index (χ2v) is 6.01. The molecule has 2 atom stereocenters. The molecule has 3 nitrogen and oxygen atoms in total. The molecule has 1 N–H and O–H groups in total. The van der Waals surface area contributed by atoms with E-state index in [9.17, 15) is 0 Å². The fraction of sp³-hybridized carbons (Fsp3) is 0.625. The maximum atomic E-state index is 5.46. The zero-order chi connectivity index (χ0) is 15.0. The minimum Gasteiger partial charge on any atom is -0.496 e. The van der Waals surface area contributed by atoms with E-state index in [1.807, 2.05) is 12.1 Å². The molecule has 0 aliphatic rings. The molecule has 0 heterocycles. The number of hydrogen-bond donors (Lipinski definition) is 1. The fourth-order valence-corrected chi connectivity index (χ4v) is 2.66. The summed E-state index contributed by atoms with van der Waals surface area (Å²) in [5, 5.41) is 3.60. The molecule has 0 aromatic heterocycles. The van der Waals surface area contributed by atoms with Crippen LogP contribution in [0.4, 0.5) is 0 Å². The molecule has 0 saturated heterocycles. The number of halogens is 1. The number of hydrogen-bond acceptors (Lipinski definition) is 3. The summed E-state index contributed by atoms with van der Waals surface area (Å²) in [4.78, 5) is 0. The maximum absolute atomic E-state index is 5.46. The van der Waals surface area contributed by atoms with E-state index in [1.54, 1.807) is 14.2 Å². The van der Waals surface area contributed by atoms with Gasteiger partial charge in [0.1, 0.15) is 5.75 Å². The van der Waals surface area contributed by atoms with Crippen LogP contribution in [0.3, 0.4) is 0 Å². The van der Waals surface area contributed by atoms with E-state index >= 15 is 0 Å². The Hall–Kier alpha value is -0.580. The molecule has 0 saturated carbocycles. The van der Waals surface area contributed by atoms with Crippen molar-refractivity contribution in [2.75, 3.05) is 20.8 Å². The first-order chi connectivity index (χ1) is 9.60. The molecule has 2 unspecified atom stereocenters. The van der Waals surface area contributed by atoms with Crippen molar-refractivity contribution in [3.63, 3.8) is 0 Å². The largest absolute Gasteiger partial charge is 0.496 e. The summed E-state index contributed by atoms with van der Waals surface area (Å²) in [6.45, 7) is 5.32. The standard InChI is InChI=1S/C16H26BrNO2/c1-5-8-18-15(9-12(2)19-3)11-13-10-14(17)6-7-16(13)20-4/h6-7,10,12,15,18H,5,8-9,11H2,1-4H3. The van der Waals surface area contributed by atoms with Gasteiger partial charge in [-0.15, -0.1) is 0 Å². The van der Waals surface area contributed by atoms with Crippen LogP contribution in [0, 0.1) is 0 Å². The summed E-state index contributed by atoms with van der Waals surface area (Å²) >= 11 is 3.53. The highest BCUT2D eigenvalue weighted by atomic mass is 79.9. The minimum atomic E-state index is 0.252. The normalized spacial score (nSPS) is 14.1. The second kappa shape index (κ2) is 9.37. The van der Waals surface area contributed by atoms with E-state index in [4.69, 9.17) is 9.47 Å². The van der Waals surface area contributed by atoms with Crippen LogP contribution < -0.4 is 10.1 Å². The lowest BCUT2D eigenvalue weighted by atomic mass is 10.00. The van der Waals surface area contributed by atoms with E-state index in [-0.39, 0.29) is 6.10 Å². The number of benzene rings is 1. The molecule has 0 aliphatic heterocycles. The molecule has 1 rings (SSSR count). The van der Waals surface area contributed by atoms with Crippen molar-refractivity contribution < 1.29 is 9.47 Å². The summed E-state index contributed by atoms with van der Waals surface area (Å²) in [7, 11) is 3.49. The number of methoxy groups -OCH3 is 2. The average molecular weight is 344 g/mol. The molecular weight excluding hydrogens is 318 g/mol. The zero-order valence-electron chi connectivity index (χ0n) is 12.9. The Kier molecular flexibility index (Phi) is 8.19. The van der Waals surface area contributed by atoms with Gasteiger partial charge in [0, 0.05) is 17.6 Å². The van der Waals surface area contributed by atoms with Crippen LogP contribution in [0.2, 0.25) is 0 Å². The molecule has 4 heteroatoms. The minimum absolute atomic E-state index is 0.252. The van der Waals surface area contributed by atoms with Crippen LogP contribution in [0.1, 0.15) is 32.3 Å². The van der Waals surface area contributed by atoms with Crippen molar-refractivity contribution in [2.24, 2.45) is 0 Å². The molecule has 0 radical (unpaired) electrons. The Balaban J connectivity index is 2.79. The highest BCUT2D eigenvalue weighted by molar-refractivity contribution is 9.10. The Morgan fingerprint density at radius 3 is 2.65 bits per heavy atom. The Morgan fingerprint density at radius 1 is 1.30 bits per heavy atom. The van der Waals surface area contributed by atoms with E-state index in [2.05, 4.69) is 41.2 Å². The van der Waals surface area contributed by atoms with E-state index < -0.39 is 0 Å². The van der Waals surface area contributed by atoms with Gasteiger partial charge in [-0.25, -0.2) is 0 Å². The van der Waals surface area contributed by atoms with Crippen LogP contribution >= 0.6 is 15.9 Å². The highest BCUT2D eigenvalue weighted by Gasteiger charge is 2.15. The van der Waals surface area contributed by atoms with Crippen LogP contribution in [-0.2, 0) is 11.2 Å². The summed E-state index contributed by atoms with van der Waals surface area (Å²) in [6, 6.07) is 6.55. The SMILES string of the molecule is CCCNC(Cc1cc(Br)ccc1OC)CC(C)OC. The lowest BCUT2D eigenvalue weighted by Gasteiger charge is -2.22. The summed E-state index contributed by atoms with van der Waals surface area (Å²) < 4.78 is 11.9. The predicted octanol–water partition coefficient (Wildman–Crippen LogP) is 3.79. The third-order valence-corrected chi connectivity index (χ3v) is 3.90. The van der Waals surface area contributed by atoms with Gasteiger partial charge in [0.25, 0.3) is 0 Å². The topological polar surface area (TPSA) is 30.5 Å². The van der Waals surface area contributed by atoms with Gasteiger partial charge in [-0.05, 0) is 56.5 Å². The Bertz CT molecular complexity index is 398. The van der Waals surface area contributed by atoms with Crippen LogP contribution in [0.25, 0.3) is 0 Å². The van der Waals surface area contributed by atoms with Gasteiger partial charge in [0.2, 0.25) is 0 Å². The molecule has 1 aromatic carbocycles. The van der Waals surface area contributed by atoms with Gasteiger partial charge < -0.3 is 14.8 Å². The predicted molar refractivity (Wildman–Crippen MR) is 87.6 cm³/mol. The van der Waals surface area contributed by atoms with Gasteiger partial charge >= 0.3 is 0 Å². The van der Waals surface area contributed by atoms with Gasteiger partial charge in [0.05, 0.1) is 13.2 Å². The second-order valence-electron chi connectivity index (χ2n) is 5.09. The molecule has 114 valence electrons. The molecule has 0 fully saturated rings. The third-order valence-electron chi connectivity index (χ3n) is 3.41. The van der Waals surface area contributed by atoms with Gasteiger partial charge in [-0.3, -0.25) is 0 Å². The van der Waals surface area contributed by atoms with E-state index in [0.717, 1.165) is 36.0 Å². The Labute approximate surface area is 131 Å². The van der Waals surface area contributed by atoms with Crippen molar-refractivity contribution in [1.29, 1.82) is 0 Å². The maximum Gasteiger partial charge on any atom is 0.122 e. The number of rotatable bonds is 9. The first kappa shape index (κ1) is 17.5. The average Bonchev–Trinajstić information content (AvgIpc) is 2.44. The lowest BCUT2D eigenvalue weighted by molar-refractivity contribution is 0.100. The molecule has 0 bridgehead atoms. The smallest absolute Gasteiger partial charge is 0.122 e. The first-order valence-corrected chi connectivity index (χ1v) is 7.98. The van der Waals surface area contributed by atoms with Crippen molar-refractivity contribution >= 4 is 15.9 Å². The molecule has 0 amide bonds. The van der Waals surface area contributed by atoms with Gasteiger partial charge in [-0.2, -0.15) is 0 Å². The first-order valence-electron chi connectivity index (χ1n) is 7.19. The van der Waals surface area contributed by atoms with E-state index in [0.29, 0.717) is 6.04 Å². The van der Waals surface area contributed by atoms with Gasteiger partial charge in [0.15, 0.2) is 0 Å². The molecule has 0 aliphatic carbocycles. The zero-order valence-corrected chi connectivity index (χ0v) is 14.5. The van der Waals surface area contributed by atoms with E-state index in [1.165, 1.54) is 5.56 Å². The van der Waals surface area contributed by atoms with Crippen LogP contribution in [0.15, 0.2) is 22.7 Å². The highest BCUT2D eigenvalue weighted by Crippen LogP contribution is 2.25. The lowest BCUT2D eigenvalue weighted by Crippen LogP contribution is -2.35. The van der Waals surface area contributed by atoms with Crippen molar-refractivity contribution in [2.45, 2.75) is 45.3 Å². The van der Waals surface area contributed by atoms with Crippen molar-refractivity contribution in [1.82, 2.24) is 5.32 Å². The molecular formula is C16H26BrNO2. The van der Waals surface area contributed by atoms with Crippen molar-refractivity contribution in [3.8, 4) is 5.75 Å². The Morgan fingerprint density at radius 2 is 2.05 bits per heavy atom. The number of nitrogens with one attached hydrogen (secondary N) is 1. The molecule has 20 heavy (non-hydrogen) atoms. The van der Waals surface area contributed by atoms with Crippen molar-refractivity contribution in [3.05, 3.63) is 28.2 Å². The number of ether oxygens (including phenoxy) is 2.